The van der Waals surface area contributed by atoms with Crippen LogP contribution in [0.25, 0.3) is 0 Å². The molecule has 0 unspecified atom stereocenters. The average Bonchev–Trinajstić information content (AvgIpc) is 2.85. The fourth-order valence-electron chi connectivity index (χ4n) is 2.12. The molecule has 0 N–H and O–H groups in total. The minimum Gasteiger partial charge on any atom is -0.454 e. The number of hydrogen-bond donors (Lipinski definition) is 0. The number of nitrogens with zero attached hydrogens (tertiary/aromatic N) is 1. The fourth-order valence-corrected chi connectivity index (χ4v) is 5.01. The van der Waals surface area contributed by atoms with Crippen LogP contribution in [0.1, 0.15) is 0 Å². The van der Waals surface area contributed by atoms with E-state index in [4.69, 9.17) is 9.47 Å². The second kappa shape index (κ2) is 4.61. The molecule has 110 valence electrons. The molecule has 0 radical (unpaired) electrons. The Kier molecular flexibility index (Phi) is 3.14. The van der Waals surface area contributed by atoms with Crippen molar-refractivity contribution in [2.75, 3.05) is 31.4 Å². The van der Waals surface area contributed by atoms with Crippen molar-refractivity contribution in [3.05, 3.63) is 18.2 Å². The van der Waals surface area contributed by atoms with Gasteiger partial charge >= 0.3 is 0 Å². The minimum atomic E-state index is -3.70. The van der Waals surface area contributed by atoms with Crippen molar-refractivity contribution in [2.24, 2.45) is 0 Å². The van der Waals surface area contributed by atoms with Crippen LogP contribution < -0.4 is 9.47 Å². The molecule has 2 aliphatic rings. The Morgan fingerprint density at radius 3 is 2.40 bits per heavy atom. The van der Waals surface area contributed by atoms with Gasteiger partial charge in [-0.15, -0.1) is 0 Å². The lowest BCUT2D eigenvalue weighted by Gasteiger charge is -2.25. The van der Waals surface area contributed by atoms with Crippen LogP contribution in [0.4, 0.5) is 0 Å². The summed E-state index contributed by atoms with van der Waals surface area (Å²) in [4.78, 5) is 0.0843. The Hall–Kier alpha value is -1.32. The van der Waals surface area contributed by atoms with Gasteiger partial charge in [-0.1, -0.05) is 0 Å². The molecule has 1 aromatic rings. The summed E-state index contributed by atoms with van der Waals surface area (Å²) in [6, 6.07) is 4.38. The van der Waals surface area contributed by atoms with Crippen molar-refractivity contribution in [1.29, 1.82) is 0 Å². The first kappa shape index (κ1) is 13.7. The molecular formula is C11H13NO6S2. The van der Waals surface area contributed by atoms with Crippen LogP contribution in [0, 0.1) is 0 Å². The zero-order valence-corrected chi connectivity index (χ0v) is 12.1. The summed E-state index contributed by atoms with van der Waals surface area (Å²) in [5.74, 6) is 0.606. The van der Waals surface area contributed by atoms with Crippen molar-refractivity contribution in [3.63, 3.8) is 0 Å². The summed E-state index contributed by atoms with van der Waals surface area (Å²) in [5.41, 5.74) is 0. The normalized spacial score (nSPS) is 21.8. The SMILES string of the molecule is O=S1(=O)CCN(S(=O)(=O)c2ccc3c(c2)OCO3)CC1. The zero-order chi connectivity index (χ0) is 14.4. The molecule has 1 saturated heterocycles. The molecule has 0 bridgehead atoms. The Labute approximate surface area is 117 Å². The maximum absolute atomic E-state index is 12.4. The van der Waals surface area contributed by atoms with Gasteiger partial charge in [-0.2, -0.15) is 4.31 Å². The molecule has 0 atom stereocenters. The molecular weight excluding hydrogens is 306 g/mol. The van der Waals surface area contributed by atoms with Gasteiger partial charge in [-0.05, 0) is 12.1 Å². The van der Waals surface area contributed by atoms with Crippen molar-refractivity contribution >= 4 is 19.9 Å². The standard InChI is InChI=1S/C11H13NO6S2/c13-19(14)5-3-12(4-6-19)20(15,16)9-1-2-10-11(7-9)18-8-17-10/h1-2,7H,3-6,8H2. The van der Waals surface area contributed by atoms with E-state index < -0.39 is 19.9 Å². The van der Waals surface area contributed by atoms with E-state index in [1.54, 1.807) is 0 Å². The summed E-state index contributed by atoms with van der Waals surface area (Å²) in [6.45, 7) is 0.0407. The van der Waals surface area contributed by atoms with Gasteiger partial charge in [0.15, 0.2) is 21.3 Å². The molecule has 1 aromatic carbocycles. The lowest BCUT2D eigenvalue weighted by molar-refractivity contribution is 0.174. The molecule has 0 aliphatic carbocycles. The highest BCUT2D eigenvalue weighted by molar-refractivity contribution is 7.92. The number of ether oxygens (including phenoxy) is 2. The molecule has 2 aliphatic heterocycles. The third-order valence-electron chi connectivity index (χ3n) is 3.29. The molecule has 0 amide bonds. The van der Waals surface area contributed by atoms with Crippen LogP contribution in [-0.4, -0.2) is 52.5 Å². The lowest BCUT2D eigenvalue weighted by atomic mass is 10.3. The third-order valence-corrected chi connectivity index (χ3v) is 6.79. The summed E-state index contributed by atoms with van der Waals surface area (Å²) in [5, 5.41) is 0. The molecule has 0 saturated carbocycles. The van der Waals surface area contributed by atoms with Crippen molar-refractivity contribution < 1.29 is 26.3 Å². The number of sulfonamides is 1. The van der Waals surface area contributed by atoms with E-state index in [1.807, 2.05) is 0 Å². The molecule has 0 spiro atoms. The number of hydrogen-bond acceptors (Lipinski definition) is 6. The van der Waals surface area contributed by atoms with Crippen LogP contribution in [0.2, 0.25) is 0 Å². The number of sulfone groups is 1. The highest BCUT2D eigenvalue weighted by Gasteiger charge is 2.32. The maximum atomic E-state index is 12.4. The van der Waals surface area contributed by atoms with Gasteiger partial charge in [0.25, 0.3) is 0 Å². The van der Waals surface area contributed by atoms with E-state index in [9.17, 15) is 16.8 Å². The van der Waals surface area contributed by atoms with Gasteiger partial charge in [0.2, 0.25) is 16.8 Å². The predicted molar refractivity (Wildman–Crippen MR) is 70.0 cm³/mol. The topological polar surface area (TPSA) is 90.0 Å². The van der Waals surface area contributed by atoms with Crippen LogP contribution >= 0.6 is 0 Å². The largest absolute Gasteiger partial charge is 0.454 e. The van der Waals surface area contributed by atoms with E-state index in [0.29, 0.717) is 11.5 Å². The average molecular weight is 319 g/mol. The molecule has 1 fully saturated rings. The first-order valence-corrected chi connectivity index (χ1v) is 9.25. The summed E-state index contributed by atoms with van der Waals surface area (Å²) < 4.78 is 59.0. The Morgan fingerprint density at radius 1 is 1.05 bits per heavy atom. The lowest BCUT2D eigenvalue weighted by Crippen LogP contribution is -2.43. The van der Waals surface area contributed by atoms with Crippen molar-refractivity contribution in [3.8, 4) is 11.5 Å². The van der Waals surface area contributed by atoms with E-state index in [-0.39, 0.29) is 36.3 Å². The molecule has 9 heteroatoms. The van der Waals surface area contributed by atoms with E-state index in [2.05, 4.69) is 0 Å². The van der Waals surface area contributed by atoms with Gasteiger partial charge in [-0.3, -0.25) is 0 Å². The zero-order valence-electron chi connectivity index (χ0n) is 10.5. The maximum Gasteiger partial charge on any atom is 0.243 e. The smallest absolute Gasteiger partial charge is 0.243 e. The second-order valence-electron chi connectivity index (χ2n) is 4.57. The Morgan fingerprint density at radius 2 is 1.70 bits per heavy atom. The van der Waals surface area contributed by atoms with E-state index in [1.165, 1.54) is 22.5 Å². The van der Waals surface area contributed by atoms with Crippen LogP contribution in [0.5, 0.6) is 11.5 Å². The van der Waals surface area contributed by atoms with Crippen LogP contribution in [-0.2, 0) is 19.9 Å². The summed E-state index contributed by atoms with van der Waals surface area (Å²) >= 11 is 0. The second-order valence-corrected chi connectivity index (χ2v) is 8.81. The van der Waals surface area contributed by atoms with Gasteiger partial charge in [0, 0.05) is 19.2 Å². The fraction of sp³-hybridized carbons (Fsp3) is 0.455. The first-order chi connectivity index (χ1) is 9.38. The monoisotopic (exact) mass is 319 g/mol. The van der Waals surface area contributed by atoms with Crippen molar-refractivity contribution in [1.82, 2.24) is 4.31 Å². The molecule has 7 nitrogen and oxygen atoms in total. The van der Waals surface area contributed by atoms with Gasteiger partial charge < -0.3 is 9.47 Å². The highest BCUT2D eigenvalue weighted by atomic mass is 32.2. The number of rotatable bonds is 2. The third kappa shape index (κ3) is 2.36. The molecule has 2 heterocycles. The Balaban J connectivity index is 1.89. The molecule has 3 rings (SSSR count). The quantitative estimate of drug-likeness (QED) is 0.752. The van der Waals surface area contributed by atoms with Crippen LogP contribution in [0.15, 0.2) is 23.1 Å². The minimum absolute atomic E-state index is 0.0148. The van der Waals surface area contributed by atoms with Crippen LogP contribution in [0.3, 0.4) is 0 Å². The number of fused-ring (bicyclic) bond motifs is 1. The molecule has 20 heavy (non-hydrogen) atoms. The highest BCUT2D eigenvalue weighted by Crippen LogP contribution is 2.34. The number of benzene rings is 1. The van der Waals surface area contributed by atoms with E-state index >= 15 is 0 Å². The van der Waals surface area contributed by atoms with Gasteiger partial charge in [-0.25, -0.2) is 16.8 Å². The van der Waals surface area contributed by atoms with Crippen molar-refractivity contribution in [2.45, 2.75) is 4.90 Å². The summed E-state index contributed by atoms with van der Waals surface area (Å²) in [6.07, 6.45) is 0. The van der Waals surface area contributed by atoms with Gasteiger partial charge in [0.1, 0.15) is 0 Å². The molecule has 0 aromatic heterocycles. The van der Waals surface area contributed by atoms with E-state index in [0.717, 1.165) is 0 Å². The first-order valence-electron chi connectivity index (χ1n) is 5.99. The Bertz CT molecular complexity index is 726. The summed E-state index contributed by atoms with van der Waals surface area (Å²) in [7, 11) is -6.82. The van der Waals surface area contributed by atoms with Gasteiger partial charge in [0.05, 0.1) is 16.4 Å². The predicted octanol–water partition coefficient (Wildman–Crippen LogP) is -0.166.